The summed E-state index contributed by atoms with van der Waals surface area (Å²) in [6, 6.07) is 16.8. The third-order valence-electron chi connectivity index (χ3n) is 10.7. The van der Waals surface area contributed by atoms with Crippen molar-refractivity contribution in [3.63, 3.8) is 0 Å². The minimum absolute atomic E-state index is 0.0366. The topological polar surface area (TPSA) is 89.1 Å². The Morgan fingerprint density at radius 3 is 2.38 bits per heavy atom. The molecule has 5 heterocycles. The lowest BCUT2D eigenvalue weighted by molar-refractivity contribution is -0.143. The molecular weight excluding hydrogens is 609 g/mol. The van der Waals surface area contributed by atoms with Gasteiger partial charge in [0.15, 0.2) is 0 Å². The number of aromatic nitrogens is 1. The molecule has 0 spiro atoms. The highest BCUT2D eigenvalue weighted by molar-refractivity contribution is 7.13. The molecule has 3 aromatic rings. The molecule has 0 bridgehead atoms. The Balaban J connectivity index is 1.01. The monoisotopic (exact) mass is 654 g/mol. The number of piperidine rings is 3. The lowest BCUT2D eigenvalue weighted by Gasteiger charge is -2.41. The van der Waals surface area contributed by atoms with E-state index in [0.29, 0.717) is 32.1 Å². The first-order valence-electron chi connectivity index (χ1n) is 17.5. The number of rotatable bonds is 8. The molecule has 1 aromatic heterocycles. The molecule has 4 amide bonds. The third-order valence-corrected chi connectivity index (χ3v) is 11.5. The van der Waals surface area contributed by atoms with E-state index >= 15 is 0 Å². The van der Waals surface area contributed by atoms with Crippen molar-refractivity contribution in [3.05, 3.63) is 71.2 Å². The van der Waals surface area contributed by atoms with Crippen LogP contribution in [0.15, 0.2) is 60.1 Å². The summed E-state index contributed by atoms with van der Waals surface area (Å²) in [7, 11) is 0. The molecule has 0 radical (unpaired) electrons. The second-order valence-electron chi connectivity index (χ2n) is 13.6. The normalized spacial score (nSPS) is 20.5. The van der Waals surface area contributed by atoms with Gasteiger partial charge in [0.25, 0.3) is 0 Å². The molecule has 3 saturated heterocycles. The zero-order valence-corrected chi connectivity index (χ0v) is 28.0. The van der Waals surface area contributed by atoms with Crippen LogP contribution in [0.25, 0.3) is 10.6 Å². The van der Waals surface area contributed by atoms with Crippen LogP contribution in [0.1, 0.15) is 62.5 Å². The van der Waals surface area contributed by atoms with Crippen LogP contribution >= 0.6 is 11.3 Å². The number of carbonyl (C=O) groups excluding carboxylic acids is 3. The second kappa shape index (κ2) is 14.6. The molecule has 1 atom stereocenters. The minimum Gasteiger partial charge on any atom is -0.343 e. The Bertz CT molecular complexity index is 1540. The predicted molar refractivity (Wildman–Crippen MR) is 185 cm³/mol. The maximum absolute atomic E-state index is 14.2. The van der Waals surface area contributed by atoms with Crippen LogP contribution in [0.4, 0.5) is 10.5 Å². The number of nitrogens with zero attached hydrogens (tertiary/aromatic N) is 5. The van der Waals surface area contributed by atoms with Crippen molar-refractivity contribution in [2.45, 2.75) is 76.4 Å². The molecule has 2 aromatic carbocycles. The zero-order valence-electron chi connectivity index (χ0n) is 27.2. The molecule has 9 nitrogen and oxygen atoms in total. The Labute approximate surface area is 281 Å². The maximum Gasteiger partial charge on any atom is 0.322 e. The lowest BCUT2D eigenvalue weighted by Crippen LogP contribution is -2.52. The van der Waals surface area contributed by atoms with Gasteiger partial charge in [-0.2, -0.15) is 0 Å². The van der Waals surface area contributed by atoms with Crippen molar-refractivity contribution in [1.82, 2.24) is 24.6 Å². The van der Waals surface area contributed by atoms with Crippen LogP contribution in [0, 0.1) is 5.92 Å². The SMILES string of the molecule is O=C(C[C@@H](Cc1cccc(-c2nccs2)c1)C(=O)N1CCC(N2CCCCC2)CC1)N1CCC(N2Cc3ccccc3NC2=O)CC1. The number of likely N-dealkylation sites (tertiary alicyclic amines) is 3. The number of thiazole rings is 1. The highest BCUT2D eigenvalue weighted by Crippen LogP contribution is 2.30. The molecule has 7 rings (SSSR count). The molecule has 0 aliphatic carbocycles. The van der Waals surface area contributed by atoms with Crippen molar-refractivity contribution >= 4 is 34.9 Å². The van der Waals surface area contributed by atoms with E-state index in [0.717, 1.165) is 66.2 Å². The number of fused-ring (bicyclic) bond motifs is 1. The molecule has 4 aliphatic heterocycles. The lowest BCUT2D eigenvalue weighted by atomic mass is 9.91. The average molecular weight is 655 g/mol. The van der Waals surface area contributed by atoms with E-state index in [-0.39, 0.29) is 30.3 Å². The predicted octanol–water partition coefficient (Wildman–Crippen LogP) is 5.87. The molecule has 248 valence electrons. The quantitative estimate of drug-likeness (QED) is 0.328. The third kappa shape index (κ3) is 7.38. The zero-order chi connectivity index (χ0) is 32.2. The summed E-state index contributed by atoms with van der Waals surface area (Å²) in [5, 5.41) is 5.96. The Hall–Kier alpha value is -3.76. The van der Waals surface area contributed by atoms with Gasteiger partial charge in [-0.25, -0.2) is 9.78 Å². The number of hydrogen-bond donors (Lipinski definition) is 1. The van der Waals surface area contributed by atoms with Gasteiger partial charge in [-0.3, -0.25) is 9.59 Å². The van der Waals surface area contributed by atoms with Crippen molar-refractivity contribution in [2.75, 3.05) is 44.6 Å². The first kappa shape index (κ1) is 31.8. The number of benzene rings is 2. The van der Waals surface area contributed by atoms with E-state index in [9.17, 15) is 14.4 Å². The highest BCUT2D eigenvalue weighted by atomic mass is 32.1. The van der Waals surface area contributed by atoms with Crippen LogP contribution in [0.3, 0.4) is 0 Å². The number of anilines is 1. The molecule has 0 saturated carbocycles. The van der Waals surface area contributed by atoms with Crippen molar-refractivity contribution < 1.29 is 14.4 Å². The number of nitrogens with one attached hydrogen (secondary N) is 1. The molecule has 4 aliphatic rings. The first-order chi connectivity index (χ1) is 23.0. The fourth-order valence-corrected chi connectivity index (χ4v) is 8.64. The summed E-state index contributed by atoms with van der Waals surface area (Å²) in [4.78, 5) is 53.9. The van der Waals surface area contributed by atoms with Gasteiger partial charge in [-0.1, -0.05) is 42.8 Å². The number of hydrogen-bond acceptors (Lipinski definition) is 6. The highest BCUT2D eigenvalue weighted by Gasteiger charge is 2.36. The number of carbonyl (C=O) groups is 3. The fourth-order valence-electron chi connectivity index (χ4n) is 8.01. The molecular formula is C37H46N6O3S. The largest absolute Gasteiger partial charge is 0.343 e. The Morgan fingerprint density at radius 1 is 0.872 bits per heavy atom. The molecule has 47 heavy (non-hydrogen) atoms. The smallest absolute Gasteiger partial charge is 0.322 e. The van der Waals surface area contributed by atoms with Crippen LogP contribution in [-0.2, 0) is 22.6 Å². The van der Waals surface area contributed by atoms with Crippen LogP contribution in [0.5, 0.6) is 0 Å². The van der Waals surface area contributed by atoms with Crippen LogP contribution in [0.2, 0.25) is 0 Å². The summed E-state index contributed by atoms with van der Waals surface area (Å²) in [5.41, 5.74) is 4.10. The molecule has 10 heteroatoms. The van der Waals surface area contributed by atoms with E-state index in [4.69, 9.17) is 0 Å². The minimum atomic E-state index is -0.414. The Kier molecular flexibility index (Phi) is 9.86. The number of urea groups is 1. The van der Waals surface area contributed by atoms with Gasteiger partial charge in [0.1, 0.15) is 5.01 Å². The summed E-state index contributed by atoms with van der Waals surface area (Å²) in [6.45, 7) is 5.65. The van der Waals surface area contributed by atoms with E-state index in [1.807, 2.05) is 50.5 Å². The maximum atomic E-state index is 14.2. The fraction of sp³-hybridized carbons (Fsp3) is 0.514. The Morgan fingerprint density at radius 2 is 1.62 bits per heavy atom. The standard InChI is InChI=1S/C37H46N6O3S/c44-34(41-18-13-32(14-19-41)43-26-29-8-2-3-10-33(29)39-37(43)46)25-30(24-27-7-6-9-28(23-27)35-38-15-22-47-35)36(45)42-20-11-31(12-21-42)40-16-4-1-5-17-40/h2-3,6-10,15,22-23,30-32H,1,4-5,11-14,16-21,24-26H2,(H,39,46)/t30-/m1/s1. The second-order valence-corrected chi connectivity index (χ2v) is 14.5. The van der Waals surface area contributed by atoms with E-state index in [1.54, 1.807) is 11.3 Å². The summed E-state index contributed by atoms with van der Waals surface area (Å²) in [6.07, 6.45) is 9.91. The van der Waals surface area contributed by atoms with Gasteiger partial charge in [0.05, 0.1) is 5.92 Å². The van der Waals surface area contributed by atoms with Gasteiger partial charge in [-0.05, 0) is 81.3 Å². The van der Waals surface area contributed by atoms with Gasteiger partial charge >= 0.3 is 6.03 Å². The molecule has 0 unspecified atom stereocenters. The van der Waals surface area contributed by atoms with Crippen molar-refractivity contribution in [1.29, 1.82) is 0 Å². The summed E-state index contributed by atoms with van der Waals surface area (Å²) >= 11 is 1.60. The van der Waals surface area contributed by atoms with Crippen molar-refractivity contribution in [3.8, 4) is 10.6 Å². The average Bonchev–Trinajstić information content (AvgIpc) is 3.67. The summed E-state index contributed by atoms with van der Waals surface area (Å²) < 4.78 is 0. The number of para-hydroxylation sites is 1. The van der Waals surface area contributed by atoms with E-state index in [2.05, 4.69) is 39.5 Å². The first-order valence-corrected chi connectivity index (χ1v) is 18.3. The molecule has 3 fully saturated rings. The van der Waals surface area contributed by atoms with E-state index < -0.39 is 5.92 Å². The van der Waals surface area contributed by atoms with Gasteiger partial charge in [0.2, 0.25) is 11.8 Å². The van der Waals surface area contributed by atoms with E-state index in [1.165, 1.54) is 32.4 Å². The summed E-state index contributed by atoms with van der Waals surface area (Å²) in [5.74, 6) is -0.272. The van der Waals surface area contributed by atoms with Crippen LogP contribution < -0.4 is 5.32 Å². The van der Waals surface area contributed by atoms with Crippen molar-refractivity contribution in [2.24, 2.45) is 5.92 Å². The van der Waals surface area contributed by atoms with Gasteiger partial charge in [-0.15, -0.1) is 11.3 Å². The van der Waals surface area contributed by atoms with Gasteiger partial charge in [0, 0.05) is 74.1 Å². The van der Waals surface area contributed by atoms with Crippen LogP contribution in [-0.4, -0.2) is 93.8 Å². The van der Waals surface area contributed by atoms with Gasteiger partial charge < -0.3 is 24.9 Å². The number of amides is 4. The molecule has 1 N–H and O–H groups in total.